The summed E-state index contributed by atoms with van der Waals surface area (Å²) in [6.07, 6.45) is -2.38. The third kappa shape index (κ3) is 3.61. The Balaban J connectivity index is 1.98. The molecule has 0 saturated heterocycles. The number of nitrogens with zero attached hydrogens (tertiary/aromatic N) is 3. The van der Waals surface area contributed by atoms with Gasteiger partial charge in [0, 0.05) is 6.20 Å². The normalized spacial score (nSPS) is 13.9. The minimum absolute atomic E-state index is 0.299. The van der Waals surface area contributed by atoms with Gasteiger partial charge in [-0.15, -0.1) is 5.10 Å². The number of hydrogen-bond donors (Lipinski definition) is 1. The molecule has 2 aromatic heterocycles. The summed E-state index contributed by atoms with van der Waals surface area (Å²) in [6.45, 7) is 0. The summed E-state index contributed by atoms with van der Waals surface area (Å²) in [5, 5.41) is 7.20. The number of pyridine rings is 1. The quantitative estimate of drug-likeness (QED) is 0.712. The van der Waals surface area contributed by atoms with E-state index in [1.165, 1.54) is 16.9 Å². The monoisotopic (exact) mass is 374 g/mol. The number of hydrogen-bond acceptors (Lipinski definition) is 4. The third-order valence-corrected chi connectivity index (χ3v) is 4.81. The van der Waals surface area contributed by atoms with Crippen molar-refractivity contribution in [2.24, 2.45) is 0 Å². The minimum atomic E-state index is -4.91. The number of fused-ring (bicyclic) bond motifs is 1. The van der Waals surface area contributed by atoms with E-state index >= 15 is 0 Å². The number of aromatic nitrogens is 3. The molecular formula is C14H10F4N4O2S. The van der Waals surface area contributed by atoms with Crippen LogP contribution in [-0.4, -0.2) is 29.4 Å². The maximum Gasteiger partial charge on any atom is 0.408 e. The second kappa shape index (κ2) is 6.08. The maximum absolute atomic E-state index is 13.3. The van der Waals surface area contributed by atoms with Crippen LogP contribution in [0.25, 0.3) is 5.52 Å². The summed E-state index contributed by atoms with van der Waals surface area (Å²) < 4.78 is 80.5. The first-order valence-electron chi connectivity index (χ1n) is 6.81. The molecule has 0 aliphatic rings. The molecule has 6 nitrogen and oxygen atoms in total. The molecule has 3 rings (SSSR count). The van der Waals surface area contributed by atoms with Gasteiger partial charge in [-0.05, 0) is 29.8 Å². The van der Waals surface area contributed by atoms with Gasteiger partial charge in [-0.25, -0.2) is 17.3 Å². The molecule has 132 valence electrons. The van der Waals surface area contributed by atoms with E-state index < -0.39 is 33.6 Å². The third-order valence-electron chi connectivity index (χ3n) is 3.39. The van der Waals surface area contributed by atoms with Gasteiger partial charge < -0.3 is 0 Å². The highest BCUT2D eigenvalue weighted by Gasteiger charge is 2.43. The first-order chi connectivity index (χ1) is 11.7. The van der Waals surface area contributed by atoms with Gasteiger partial charge in [0.15, 0.2) is 0 Å². The van der Waals surface area contributed by atoms with Crippen molar-refractivity contribution in [2.75, 3.05) is 0 Å². The Morgan fingerprint density at radius 1 is 1.12 bits per heavy atom. The molecule has 1 N–H and O–H groups in total. The molecule has 0 aliphatic carbocycles. The molecule has 0 aliphatic heterocycles. The van der Waals surface area contributed by atoms with Gasteiger partial charge in [0.1, 0.15) is 11.9 Å². The summed E-state index contributed by atoms with van der Waals surface area (Å²) in [5.74, 6) is -0.730. The molecule has 0 spiro atoms. The van der Waals surface area contributed by atoms with Crippen LogP contribution in [-0.2, 0) is 10.0 Å². The number of nitrogens with one attached hydrogen (secondary N) is 1. The van der Waals surface area contributed by atoms with Gasteiger partial charge in [-0.2, -0.15) is 17.9 Å². The lowest BCUT2D eigenvalue weighted by Crippen LogP contribution is -2.38. The van der Waals surface area contributed by atoms with Crippen molar-refractivity contribution in [1.82, 2.24) is 19.5 Å². The Hall–Kier alpha value is -2.53. The van der Waals surface area contributed by atoms with Crippen molar-refractivity contribution >= 4 is 15.5 Å². The zero-order valence-electron chi connectivity index (χ0n) is 12.3. The highest BCUT2D eigenvalue weighted by atomic mass is 32.2. The number of benzene rings is 1. The Morgan fingerprint density at radius 2 is 1.80 bits per heavy atom. The van der Waals surface area contributed by atoms with Crippen molar-refractivity contribution < 1.29 is 26.0 Å². The van der Waals surface area contributed by atoms with Crippen LogP contribution in [0.2, 0.25) is 0 Å². The minimum Gasteiger partial charge on any atom is -0.221 e. The SMILES string of the molecule is O=S(=O)(N[C@H](c1ccc(F)cc1)C(F)(F)F)c1ccn2nncc2c1. The van der Waals surface area contributed by atoms with Crippen LogP contribution < -0.4 is 4.72 Å². The van der Waals surface area contributed by atoms with E-state index in [0.29, 0.717) is 5.52 Å². The largest absolute Gasteiger partial charge is 0.408 e. The first kappa shape index (κ1) is 17.3. The predicted molar refractivity (Wildman–Crippen MR) is 78.5 cm³/mol. The molecule has 0 bridgehead atoms. The van der Waals surface area contributed by atoms with Crippen LogP contribution in [0.15, 0.2) is 53.7 Å². The highest BCUT2D eigenvalue weighted by molar-refractivity contribution is 7.89. The Bertz CT molecular complexity index is 1000. The van der Waals surface area contributed by atoms with Crippen LogP contribution in [0.1, 0.15) is 11.6 Å². The fourth-order valence-electron chi connectivity index (χ4n) is 2.18. The molecule has 0 radical (unpaired) electrons. The number of halogens is 4. The predicted octanol–water partition coefficient (Wildman–Crippen LogP) is 2.45. The van der Waals surface area contributed by atoms with Crippen LogP contribution in [0.4, 0.5) is 17.6 Å². The second-order valence-electron chi connectivity index (χ2n) is 5.11. The fourth-order valence-corrected chi connectivity index (χ4v) is 3.41. The zero-order valence-corrected chi connectivity index (χ0v) is 13.1. The lowest BCUT2D eigenvalue weighted by Gasteiger charge is -2.22. The molecule has 2 heterocycles. The smallest absolute Gasteiger partial charge is 0.221 e. The van der Waals surface area contributed by atoms with Crippen molar-refractivity contribution in [1.29, 1.82) is 0 Å². The highest BCUT2D eigenvalue weighted by Crippen LogP contribution is 2.34. The number of alkyl halides is 3. The van der Waals surface area contributed by atoms with Crippen LogP contribution >= 0.6 is 0 Å². The summed E-state index contributed by atoms with van der Waals surface area (Å²) in [6, 6.07) is 3.12. The molecule has 0 fully saturated rings. The van der Waals surface area contributed by atoms with E-state index in [-0.39, 0.29) is 4.90 Å². The van der Waals surface area contributed by atoms with Crippen molar-refractivity contribution in [2.45, 2.75) is 17.1 Å². The fraction of sp³-hybridized carbons (Fsp3) is 0.143. The summed E-state index contributed by atoms with van der Waals surface area (Å²) in [5.41, 5.74) is -0.127. The topological polar surface area (TPSA) is 76.4 Å². The van der Waals surface area contributed by atoms with Crippen LogP contribution in [0, 0.1) is 5.82 Å². The van der Waals surface area contributed by atoms with Gasteiger partial charge in [-0.3, -0.25) is 0 Å². The molecule has 0 amide bonds. The van der Waals surface area contributed by atoms with E-state index in [2.05, 4.69) is 10.3 Å². The van der Waals surface area contributed by atoms with Crippen LogP contribution in [0.5, 0.6) is 0 Å². The van der Waals surface area contributed by atoms with E-state index in [1.54, 1.807) is 4.72 Å². The van der Waals surface area contributed by atoms with E-state index in [9.17, 15) is 26.0 Å². The Kier molecular flexibility index (Phi) is 4.21. The van der Waals surface area contributed by atoms with Gasteiger partial charge >= 0.3 is 6.18 Å². The summed E-state index contributed by atoms with van der Waals surface area (Å²) >= 11 is 0. The molecule has 0 unspecified atom stereocenters. The molecule has 0 saturated carbocycles. The van der Waals surface area contributed by atoms with E-state index in [0.717, 1.165) is 36.4 Å². The van der Waals surface area contributed by atoms with Gasteiger partial charge in [0.25, 0.3) is 0 Å². The standard InChI is InChI=1S/C14H10F4N4O2S/c15-10-3-1-9(2-4-10)13(14(16,17)18)20-25(23,24)12-5-6-22-11(7-12)8-19-21-22/h1-8,13,20H/t13-/m1/s1. The van der Waals surface area contributed by atoms with Crippen molar-refractivity contribution in [3.05, 3.63) is 60.2 Å². The average molecular weight is 374 g/mol. The number of rotatable bonds is 4. The van der Waals surface area contributed by atoms with E-state index in [1.807, 2.05) is 0 Å². The van der Waals surface area contributed by atoms with Gasteiger partial charge in [0.05, 0.1) is 16.6 Å². The molecule has 11 heteroatoms. The summed E-state index contributed by atoms with van der Waals surface area (Å²) in [7, 11) is -4.50. The van der Waals surface area contributed by atoms with Crippen LogP contribution in [0.3, 0.4) is 0 Å². The molecular weight excluding hydrogens is 364 g/mol. The number of sulfonamides is 1. The molecule has 25 heavy (non-hydrogen) atoms. The summed E-state index contributed by atoms with van der Waals surface area (Å²) in [4.78, 5) is -0.376. The van der Waals surface area contributed by atoms with E-state index in [4.69, 9.17) is 0 Å². The van der Waals surface area contributed by atoms with Crippen molar-refractivity contribution in [3.63, 3.8) is 0 Å². The molecule has 1 aromatic carbocycles. The average Bonchev–Trinajstić information content (AvgIpc) is 3.00. The Labute approximate surface area is 139 Å². The zero-order chi connectivity index (χ0) is 18.2. The Morgan fingerprint density at radius 3 is 2.44 bits per heavy atom. The van der Waals surface area contributed by atoms with Gasteiger partial charge in [0.2, 0.25) is 10.0 Å². The lowest BCUT2D eigenvalue weighted by molar-refractivity contribution is -0.153. The maximum atomic E-state index is 13.3. The second-order valence-corrected chi connectivity index (χ2v) is 6.83. The van der Waals surface area contributed by atoms with Gasteiger partial charge in [-0.1, -0.05) is 17.3 Å². The van der Waals surface area contributed by atoms with Crippen molar-refractivity contribution in [3.8, 4) is 0 Å². The lowest BCUT2D eigenvalue weighted by atomic mass is 10.1. The first-order valence-corrected chi connectivity index (χ1v) is 8.30. The molecule has 3 aromatic rings. The molecule has 1 atom stereocenters.